The van der Waals surface area contributed by atoms with E-state index in [0.717, 1.165) is 12.1 Å². The van der Waals surface area contributed by atoms with Crippen molar-refractivity contribution in [1.82, 2.24) is 0 Å². The summed E-state index contributed by atoms with van der Waals surface area (Å²) in [6, 6.07) is 4.66. The second-order valence-electron chi connectivity index (χ2n) is 7.38. The molecule has 15 heteroatoms. The Kier molecular flexibility index (Phi) is 8.20. The number of rotatable bonds is 10. The third kappa shape index (κ3) is 4.39. The van der Waals surface area contributed by atoms with Crippen LogP contribution in [0.1, 0.15) is 32.4 Å². The van der Waals surface area contributed by atoms with E-state index in [1.54, 1.807) is 13.8 Å². The SMILES string of the molecule is CCN(CC)c1ccccc1C(O)C(C)C(F)(F)C(F)(F)C(F)(F)C(F)(F)C(F)(F)C(F)(F)F. The summed E-state index contributed by atoms with van der Waals surface area (Å²) in [5, 5.41) is 10.3. The molecule has 0 amide bonds. The lowest BCUT2D eigenvalue weighted by molar-refractivity contribution is -0.444. The maximum absolute atomic E-state index is 14.5. The standard InChI is InChI=1S/C19H20F13NO/c1-4-33(5-2)12-9-7-6-8-11(12)13(34)10(3)14(20,21)15(22,23)16(24,25)17(26,27)18(28,29)19(30,31)32/h6-10,13,34H,4-5H2,1-3H3. The first-order valence-electron chi connectivity index (χ1n) is 9.55. The highest BCUT2D eigenvalue weighted by atomic mass is 19.4. The molecule has 0 radical (unpaired) electrons. The molecule has 0 saturated heterocycles. The Hall–Kier alpha value is -1.93. The number of aliphatic hydroxyl groups is 1. The van der Waals surface area contributed by atoms with Gasteiger partial charge in [-0.15, -0.1) is 0 Å². The minimum Gasteiger partial charge on any atom is -0.388 e. The molecule has 0 aromatic heterocycles. The molecular weight excluding hydrogens is 505 g/mol. The summed E-state index contributed by atoms with van der Waals surface area (Å²) in [7, 11) is 0. The van der Waals surface area contributed by atoms with Gasteiger partial charge < -0.3 is 10.0 Å². The predicted octanol–water partition coefficient (Wildman–Crippen LogP) is 6.94. The van der Waals surface area contributed by atoms with Crippen molar-refractivity contribution in [3.05, 3.63) is 29.8 Å². The highest BCUT2D eigenvalue weighted by Gasteiger charge is 2.91. The van der Waals surface area contributed by atoms with Crippen molar-refractivity contribution in [3.8, 4) is 0 Å². The number of nitrogens with zero attached hydrogens (tertiary/aromatic N) is 1. The average Bonchev–Trinajstić information content (AvgIpc) is 2.72. The number of hydrogen-bond acceptors (Lipinski definition) is 2. The summed E-state index contributed by atoms with van der Waals surface area (Å²) in [6.07, 6.45) is -10.2. The van der Waals surface area contributed by atoms with Gasteiger partial charge in [0.25, 0.3) is 0 Å². The van der Waals surface area contributed by atoms with Crippen molar-refractivity contribution in [1.29, 1.82) is 0 Å². The lowest BCUT2D eigenvalue weighted by atomic mass is 9.83. The quantitative estimate of drug-likeness (QED) is 0.335. The highest BCUT2D eigenvalue weighted by Crippen LogP contribution is 2.62. The number of anilines is 1. The summed E-state index contributed by atoms with van der Waals surface area (Å²) in [6.45, 7) is 3.56. The molecule has 1 rings (SSSR count). The first-order valence-corrected chi connectivity index (χ1v) is 9.55. The van der Waals surface area contributed by atoms with Crippen LogP contribution in [0.4, 0.5) is 62.8 Å². The Morgan fingerprint density at radius 2 is 1.12 bits per heavy atom. The summed E-state index contributed by atoms with van der Waals surface area (Å²) in [5.74, 6) is -40.9. The normalized spacial score (nSPS) is 16.4. The molecule has 1 N–H and O–H groups in total. The predicted molar refractivity (Wildman–Crippen MR) is 94.9 cm³/mol. The van der Waals surface area contributed by atoms with Crippen molar-refractivity contribution in [2.75, 3.05) is 18.0 Å². The van der Waals surface area contributed by atoms with Crippen molar-refractivity contribution in [3.63, 3.8) is 0 Å². The van der Waals surface area contributed by atoms with E-state index in [0.29, 0.717) is 0 Å². The molecular formula is C19H20F13NO. The van der Waals surface area contributed by atoms with E-state index in [9.17, 15) is 62.2 Å². The van der Waals surface area contributed by atoms with E-state index in [1.165, 1.54) is 17.0 Å². The van der Waals surface area contributed by atoms with Crippen LogP contribution in [-0.2, 0) is 0 Å². The Balaban J connectivity index is 3.56. The second-order valence-corrected chi connectivity index (χ2v) is 7.38. The Bertz CT molecular complexity index is 834. The minimum atomic E-state index is -7.98. The van der Waals surface area contributed by atoms with Gasteiger partial charge >= 0.3 is 35.8 Å². The van der Waals surface area contributed by atoms with Crippen LogP contribution in [0.2, 0.25) is 0 Å². The van der Waals surface area contributed by atoms with Crippen molar-refractivity contribution in [2.24, 2.45) is 5.92 Å². The number of halogens is 13. The number of benzene rings is 1. The summed E-state index contributed by atoms with van der Waals surface area (Å²) < 4.78 is 174. The molecule has 34 heavy (non-hydrogen) atoms. The highest BCUT2D eigenvalue weighted by molar-refractivity contribution is 5.54. The van der Waals surface area contributed by atoms with E-state index < -0.39 is 53.4 Å². The Morgan fingerprint density at radius 3 is 1.53 bits per heavy atom. The molecule has 0 saturated carbocycles. The van der Waals surface area contributed by atoms with Crippen LogP contribution < -0.4 is 4.90 Å². The molecule has 1 aromatic rings. The number of aliphatic hydroxyl groups excluding tert-OH is 1. The van der Waals surface area contributed by atoms with Crippen molar-refractivity contribution < 1.29 is 62.2 Å². The maximum atomic E-state index is 14.5. The van der Waals surface area contributed by atoms with Crippen LogP contribution in [0, 0.1) is 5.92 Å². The van der Waals surface area contributed by atoms with Crippen LogP contribution in [0.3, 0.4) is 0 Å². The molecule has 2 unspecified atom stereocenters. The van der Waals surface area contributed by atoms with Gasteiger partial charge in [-0.05, 0) is 19.9 Å². The third-order valence-electron chi connectivity index (χ3n) is 5.36. The molecule has 0 aliphatic carbocycles. The zero-order valence-corrected chi connectivity index (χ0v) is 17.7. The molecule has 198 valence electrons. The second kappa shape index (κ2) is 9.26. The van der Waals surface area contributed by atoms with Gasteiger partial charge in [0, 0.05) is 24.3 Å². The van der Waals surface area contributed by atoms with E-state index in [-0.39, 0.29) is 25.7 Å². The van der Waals surface area contributed by atoms with Gasteiger partial charge in [0.15, 0.2) is 0 Å². The van der Waals surface area contributed by atoms with Crippen LogP contribution in [0.5, 0.6) is 0 Å². The molecule has 0 bridgehead atoms. The summed E-state index contributed by atoms with van der Waals surface area (Å²) in [4.78, 5) is 1.42. The van der Waals surface area contributed by atoms with Gasteiger partial charge in [-0.3, -0.25) is 0 Å². The fourth-order valence-electron chi connectivity index (χ4n) is 3.13. The Labute approximate surface area is 185 Å². The van der Waals surface area contributed by atoms with Gasteiger partial charge in [0.1, 0.15) is 0 Å². The van der Waals surface area contributed by atoms with Gasteiger partial charge in [0.05, 0.1) is 12.0 Å². The third-order valence-corrected chi connectivity index (χ3v) is 5.36. The minimum absolute atomic E-state index is 0.0216. The van der Waals surface area contributed by atoms with Gasteiger partial charge in [-0.2, -0.15) is 57.1 Å². The molecule has 0 spiro atoms. The Morgan fingerprint density at radius 1 is 0.706 bits per heavy atom. The zero-order chi connectivity index (χ0) is 27.1. The fraction of sp³-hybridized carbons (Fsp3) is 0.684. The topological polar surface area (TPSA) is 23.5 Å². The van der Waals surface area contributed by atoms with Gasteiger partial charge in [-0.1, -0.05) is 25.1 Å². The van der Waals surface area contributed by atoms with Crippen LogP contribution in [0.25, 0.3) is 0 Å². The summed E-state index contributed by atoms with van der Waals surface area (Å²) in [5.41, 5.74) is -0.545. The van der Waals surface area contributed by atoms with Crippen LogP contribution in [0.15, 0.2) is 24.3 Å². The average molecular weight is 525 g/mol. The van der Waals surface area contributed by atoms with Crippen LogP contribution >= 0.6 is 0 Å². The molecule has 0 heterocycles. The van der Waals surface area contributed by atoms with E-state index >= 15 is 0 Å². The van der Waals surface area contributed by atoms with Crippen molar-refractivity contribution >= 4 is 5.69 Å². The number of alkyl halides is 13. The maximum Gasteiger partial charge on any atom is 0.460 e. The number of hydrogen-bond donors (Lipinski definition) is 1. The molecule has 1 aromatic carbocycles. The molecule has 0 fully saturated rings. The largest absolute Gasteiger partial charge is 0.460 e. The van der Waals surface area contributed by atoms with E-state index in [4.69, 9.17) is 0 Å². The first kappa shape index (κ1) is 30.1. The zero-order valence-electron chi connectivity index (χ0n) is 17.7. The van der Waals surface area contributed by atoms with E-state index in [1.807, 2.05) is 0 Å². The lowest BCUT2D eigenvalue weighted by Gasteiger charge is -2.42. The van der Waals surface area contributed by atoms with Gasteiger partial charge in [-0.25, -0.2) is 0 Å². The smallest absolute Gasteiger partial charge is 0.388 e. The summed E-state index contributed by atoms with van der Waals surface area (Å²) >= 11 is 0. The molecule has 2 nitrogen and oxygen atoms in total. The van der Waals surface area contributed by atoms with Crippen molar-refractivity contribution in [2.45, 2.75) is 62.7 Å². The number of para-hydroxylation sites is 1. The molecule has 2 atom stereocenters. The lowest BCUT2D eigenvalue weighted by Crippen LogP contribution is -2.71. The fourth-order valence-corrected chi connectivity index (χ4v) is 3.13. The molecule has 0 aliphatic rings. The first-order chi connectivity index (χ1) is 15.1. The van der Waals surface area contributed by atoms with Gasteiger partial charge in [0.2, 0.25) is 0 Å². The van der Waals surface area contributed by atoms with E-state index in [2.05, 4.69) is 0 Å². The molecule has 0 aliphatic heterocycles. The van der Waals surface area contributed by atoms with Crippen LogP contribution in [-0.4, -0.2) is 54.0 Å². The monoisotopic (exact) mass is 525 g/mol.